The van der Waals surface area contributed by atoms with Crippen molar-refractivity contribution in [3.8, 4) is 0 Å². The van der Waals surface area contributed by atoms with Crippen LogP contribution in [0.5, 0.6) is 0 Å². The summed E-state index contributed by atoms with van der Waals surface area (Å²) in [6.45, 7) is 1.72. The maximum Gasteiger partial charge on any atom is 0.235 e. The molecular weight excluding hydrogens is 236 g/mol. The Morgan fingerprint density at radius 1 is 1.25 bits per heavy atom. The van der Waals surface area contributed by atoms with Gasteiger partial charge in [-0.2, -0.15) is 0 Å². The van der Waals surface area contributed by atoms with E-state index in [4.69, 9.17) is 0 Å². The number of halogens is 2. The third-order valence-corrected chi connectivity index (χ3v) is 4.52. The molecule has 0 spiro atoms. The fourth-order valence-corrected chi connectivity index (χ4v) is 3.81. The molecule has 1 atom stereocenters. The van der Waals surface area contributed by atoms with Gasteiger partial charge in [-0.15, -0.1) is 0 Å². The van der Waals surface area contributed by atoms with Crippen LogP contribution in [0.15, 0.2) is 18.2 Å². The predicted octanol–water partition coefficient (Wildman–Crippen LogP) is 1.89. The number of benzene rings is 1. The first-order valence-corrected chi connectivity index (χ1v) is 6.49. The Bertz CT molecular complexity index is 495. The van der Waals surface area contributed by atoms with Crippen LogP contribution < -0.4 is 4.31 Å². The fourth-order valence-electron chi connectivity index (χ4n) is 1.89. The molecule has 1 aliphatic rings. The van der Waals surface area contributed by atoms with Gasteiger partial charge >= 0.3 is 0 Å². The van der Waals surface area contributed by atoms with Gasteiger partial charge in [0.15, 0.2) is 0 Å². The lowest BCUT2D eigenvalue weighted by Crippen LogP contribution is -2.31. The second-order valence-corrected chi connectivity index (χ2v) is 5.84. The van der Waals surface area contributed by atoms with Gasteiger partial charge in [-0.05, 0) is 25.5 Å². The number of sulfonamides is 1. The Hall–Kier alpha value is -1.17. The first-order chi connectivity index (χ1) is 7.40. The van der Waals surface area contributed by atoms with Crippen molar-refractivity contribution in [3.05, 3.63) is 29.8 Å². The van der Waals surface area contributed by atoms with Gasteiger partial charge in [0.25, 0.3) is 0 Å². The predicted molar refractivity (Wildman–Crippen MR) is 56.7 cm³/mol. The average Bonchev–Trinajstić information content (AvgIpc) is 2.38. The molecule has 1 saturated heterocycles. The van der Waals surface area contributed by atoms with E-state index in [0.29, 0.717) is 6.42 Å². The first-order valence-electron chi connectivity index (χ1n) is 4.88. The molecule has 1 aliphatic heterocycles. The molecule has 2 rings (SSSR count). The normalized spacial score (nSPS) is 23.7. The van der Waals surface area contributed by atoms with Crippen molar-refractivity contribution in [2.24, 2.45) is 0 Å². The maximum absolute atomic E-state index is 13.0. The number of anilines is 1. The first kappa shape index (κ1) is 11.3. The molecule has 0 amide bonds. The van der Waals surface area contributed by atoms with Crippen molar-refractivity contribution >= 4 is 15.7 Å². The molecule has 6 heteroatoms. The van der Waals surface area contributed by atoms with Crippen LogP contribution in [0.4, 0.5) is 14.5 Å². The molecule has 0 saturated carbocycles. The van der Waals surface area contributed by atoms with Gasteiger partial charge in [0.2, 0.25) is 10.0 Å². The summed E-state index contributed by atoms with van der Waals surface area (Å²) in [4.78, 5) is 0. The fraction of sp³-hybridized carbons (Fsp3) is 0.400. The quantitative estimate of drug-likeness (QED) is 0.760. The highest BCUT2D eigenvalue weighted by Crippen LogP contribution is 2.29. The summed E-state index contributed by atoms with van der Waals surface area (Å²) >= 11 is 0. The highest BCUT2D eigenvalue weighted by Gasteiger charge is 2.34. The largest absolute Gasteiger partial charge is 0.267 e. The van der Waals surface area contributed by atoms with Crippen molar-refractivity contribution in [1.82, 2.24) is 0 Å². The van der Waals surface area contributed by atoms with Crippen molar-refractivity contribution < 1.29 is 17.2 Å². The molecule has 0 radical (unpaired) electrons. The number of hydrogen-bond acceptors (Lipinski definition) is 2. The van der Waals surface area contributed by atoms with Gasteiger partial charge < -0.3 is 0 Å². The highest BCUT2D eigenvalue weighted by molar-refractivity contribution is 7.93. The molecule has 1 heterocycles. The van der Waals surface area contributed by atoms with E-state index < -0.39 is 21.7 Å². The lowest BCUT2D eigenvalue weighted by molar-refractivity contribution is 0.580. The summed E-state index contributed by atoms with van der Waals surface area (Å²) < 4.78 is 50.4. The summed E-state index contributed by atoms with van der Waals surface area (Å²) in [7, 11) is -3.42. The zero-order valence-electron chi connectivity index (χ0n) is 8.65. The van der Waals surface area contributed by atoms with Crippen LogP contribution >= 0.6 is 0 Å². The minimum atomic E-state index is -3.42. The molecule has 1 aromatic rings. The standard InChI is InChI=1S/C10H11F2NO2S/c1-7-2-3-16(14,15)13(7)10-5-8(11)4-9(12)6-10/h4-7H,2-3H2,1H3. The summed E-state index contributed by atoms with van der Waals surface area (Å²) in [5, 5.41) is 0. The Balaban J connectivity index is 2.51. The Labute approximate surface area is 92.7 Å². The maximum atomic E-state index is 13.0. The molecular formula is C10H11F2NO2S. The molecule has 0 aliphatic carbocycles. The van der Waals surface area contributed by atoms with E-state index in [1.807, 2.05) is 0 Å². The van der Waals surface area contributed by atoms with E-state index in [2.05, 4.69) is 0 Å². The second-order valence-electron chi connectivity index (χ2n) is 3.88. The highest BCUT2D eigenvalue weighted by atomic mass is 32.2. The van der Waals surface area contributed by atoms with Crippen LogP contribution in [-0.4, -0.2) is 20.2 Å². The van der Waals surface area contributed by atoms with Crippen LogP contribution in [0.3, 0.4) is 0 Å². The van der Waals surface area contributed by atoms with E-state index in [1.54, 1.807) is 6.92 Å². The van der Waals surface area contributed by atoms with Crippen molar-refractivity contribution in [2.75, 3.05) is 10.1 Å². The molecule has 16 heavy (non-hydrogen) atoms. The SMILES string of the molecule is CC1CCS(=O)(=O)N1c1cc(F)cc(F)c1. The van der Waals surface area contributed by atoms with Gasteiger partial charge in [-0.25, -0.2) is 17.2 Å². The summed E-state index contributed by atoms with van der Waals surface area (Å²) in [6.07, 6.45) is 0.473. The van der Waals surface area contributed by atoms with E-state index in [9.17, 15) is 17.2 Å². The van der Waals surface area contributed by atoms with Crippen LogP contribution in [0, 0.1) is 11.6 Å². The molecule has 1 unspecified atom stereocenters. The molecule has 3 nitrogen and oxygen atoms in total. The molecule has 0 aromatic heterocycles. The number of rotatable bonds is 1. The summed E-state index contributed by atoms with van der Waals surface area (Å²) in [6, 6.07) is 2.52. The Morgan fingerprint density at radius 3 is 2.25 bits per heavy atom. The Morgan fingerprint density at radius 2 is 1.81 bits per heavy atom. The third-order valence-electron chi connectivity index (χ3n) is 2.60. The summed E-state index contributed by atoms with van der Waals surface area (Å²) in [5.74, 6) is -1.53. The van der Waals surface area contributed by atoms with Crippen molar-refractivity contribution in [3.63, 3.8) is 0 Å². The van der Waals surface area contributed by atoms with Crippen LogP contribution in [0.2, 0.25) is 0 Å². The van der Waals surface area contributed by atoms with Crippen LogP contribution in [-0.2, 0) is 10.0 Å². The van der Waals surface area contributed by atoms with Crippen molar-refractivity contribution in [1.29, 1.82) is 0 Å². The monoisotopic (exact) mass is 247 g/mol. The average molecular weight is 247 g/mol. The molecule has 0 bridgehead atoms. The lowest BCUT2D eigenvalue weighted by atomic mass is 10.2. The number of hydrogen-bond donors (Lipinski definition) is 0. The zero-order valence-corrected chi connectivity index (χ0v) is 9.47. The van der Waals surface area contributed by atoms with Gasteiger partial charge in [0.1, 0.15) is 11.6 Å². The van der Waals surface area contributed by atoms with Crippen LogP contribution in [0.1, 0.15) is 13.3 Å². The summed E-state index contributed by atoms with van der Waals surface area (Å²) in [5.41, 5.74) is 0.0579. The second kappa shape index (κ2) is 3.69. The minimum Gasteiger partial charge on any atom is -0.267 e. The molecule has 1 fully saturated rings. The van der Waals surface area contributed by atoms with E-state index in [-0.39, 0.29) is 17.5 Å². The molecule has 88 valence electrons. The lowest BCUT2D eigenvalue weighted by Gasteiger charge is -2.22. The topological polar surface area (TPSA) is 37.4 Å². The van der Waals surface area contributed by atoms with Gasteiger partial charge in [-0.3, -0.25) is 4.31 Å². The Kier molecular flexibility index (Phi) is 2.61. The molecule has 0 N–H and O–H groups in total. The van der Waals surface area contributed by atoms with Gasteiger partial charge in [0.05, 0.1) is 11.4 Å². The zero-order chi connectivity index (χ0) is 11.9. The number of nitrogens with zero attached hydrogens (tertiary/aromatic N) is 1. The molecule has 1 aromatic carbocycles. The minimum absolute atomic E-state index is 0.0201. The van der Waals surface area contributed by atoms with E-state index in [0.717, 1.165) is 22.5 Å². The van der Waals surface area contributed by atoms with Gasteiger partial charge in [0, 0.05) is 12.1 Å². The smallest absolute Gasteiger partial charge is 0.235 e. The van der Waals surface area contributed by atoms with E-state index >= 15 is 0 Å². The van der Waals surface area contributed by atoms with E-state index in [1.165, 1.54) is 0 Å². The third kappa shape index (κ3) is 1.89. The van der Waals surface area contributed by atoms with Gasteiger partial charge in [-0.1, -0.05) is 0 Å². The van der Waals surface area contributed by atoms with Crippen LogP contribution in [0.25, 0.3) is 0 Å². The van der Waals surface area contributed by atoms with Crippen molar-refractivity contribution in [2.45, 2.75) is 19.4 Å².